The summed E-state index contributed by atoms with van der Waals surface area (Å²) >= 11 is 0. The summed E-state index contributed by atoms with van der Waals surface area (Å²) in [6, 6.07) is -0.442. The number of hydrogen-bond acceptors (Lipinski definition) is 2. The van der Waals surface area contributed by atoms with Crippen LogP contribution in [0.2, 0.25) is 0 Å². The first-order chi connectivity index (χ1) is 8.20. The minimum absolute atomic E-state index is 0.00552. The maximum absolute atomic E-state index is 11.9. The number of ketones is 1. The summed E-state index contributed by atoms with van der Waals surface area (Å²) in [7, 11) is 0. The zero-order chi connectivity index (χ0) is 12.7. The normalized spacial score (nSPS) is 18.6. The quantitative estimate of drug-likeness (QED) is 0.228. The zero-order valence-electron chi connectivity index (χ0n) is 9.84. The maximum atomic E-state index is 11.9. The Morgan fingerprint density at radius 1 is 1.53 bits per heavy atom. The van der Waals surface area contributed by atoms with Crippen molar-refractivity contribution in [1.82, 2.24) is 4.90 Å². The summed E-state index contributed by atoms with van der Waals surface area (Å²) in [6.45, 7) is 4.21. The Balaban J connectivity index is 2.56. The lowest BCUT2D eigenvalue weighted by Gasteiger charge is -2.21. The average molecular weight is 235 g/mol. The lowest BCUT2D eigenvalue weighted by atomic mass is 10.1. The van der Waals surface area contributed by atoms with Gasteiger partial charge in [-0.1, -0.05) is 6.08 Å². The van der Waals surface area contributed by atoms with Crippen molar-refractivity contribution >= 4 is 17.9 Å². The number of unbranched alkanes of at least 4 members (excludes halogenated alkanes) is 1. The predicted octanol–water partition coefficient (Wildman–Crippen LogP) is 1.20. The number of amides is 1. The smallest absolute Gasteiger partial charge is 0.325 e. The van der Waals surface area contributed by atoms with Crippen molar-refractivity contribution in [3.63, 3.8) is 0 Å². The van der Waals surface area contributed by atoms with Crippen LogP contribution >= 0.6 is 0 Å². The molecule has 0 bridgehead atoms. The molecule has 1 atom stereocenters. The van der Waals surface area contributed by atoms with E-state index in [-0.39, 0.29) is 11.7 Å². The molecule has 1 unspecified atom stereocenters. The van der Waals surface area contributed by atoms with Gasteiger partial charge in [-0.3, -0.25) is 9.59 Å². The van der Waals surface area contributed by atoms with Gasteiger partial charge in [0.15, 0.2) is 0 Å². The molecule has 0 aromatic rings. The van der Waals surface area contributed by atoms with Crippen LogP contribution in [0.5, 0.6) is 0 Å². The summed E-state index contributed by atoms with van der Waals surface area (Å²) in [6.07, 6.45) is 6.12. The molecule has 0 aromatic carbocycles. The molecular formula is C12H17N3O2. The summed E-state index contributed by atoms with van der Waals surface area (Å²) in [5.41, 5.74) is 8.33. The molecule has 1 heterocycles. The van der Waals surface area contributed by atoms with Crippen LogP contribution in [0.1, 0.15) is 32.1 Å². The second-order valence-corrected chi connectivity index (χ2v) is 4.07. The fraction of sp³-hybridized carbons (Fsp3) is 0.583. The van der Waals surface area contributed by atoms with E-state index >= 15 is 0 Å². The Morgan fingerprint density at radius 2 is 2.29 bits per heavy atom. The zero-order valence-corrected chi connectivity index (χ0v) is 9.84. The molecule has 1 aliphatic rings. The lowest BCUT2D eigenvalue weighted by molar-refractivity contribution is -0.136. The summed E-state index contributed by atoms with van der Waals surface area (Å²) in [5, 5.41) is 0. The highest BCUT2D eigenvalue weighted by Crippen LogP contribution is 2.19. The number of likely N-dealkylation sites (tertiary alicyclic amines) is 1. The molecule has 1 fully saturated rings. The Morgan fingerprint density at radius 3 is 2.94 bits per heavy atom. The Labute approximate surface area is 101 Å². The van der Waals surface area contributed by atoms with Crippen LogP contribution in [0, 0.1) is 0 Å². The molecule has 5 heteroatoms. The lowest BCUT2D eigenvalue weighted by Crippen LogP contribution is -2.41. The minimum Gasteiger partial charge on any atom is -0.361 e. The topological polar surface area (TPSA) is 73.8 Å². The number of carbonyl (C=O) groups excluding carboxylic acids is 2. The summed E-state index contributed by atoms with van der Waals surface area (Å²) < 4.78 is 0. The second-order valence-electron chi connectivity index (χ2n) is 4.07. The van der Waals surface area contributed by atoms with E-state index in [4.69, 9.17) is 5.53 Å². The third-order valence-electron chi connectivity index (χ3n) is 2.89. The molecule has 1 rings (SSSR count). The second kappa shape index (κ2) is 6.76. The maximum Gasteiger partial charge on any atom is 0.325 e. The highest BCUT2D eigenvalue weighted by atomic mass is 16.2. The van der Waals surface area contributed by atoms with E-state index in [0.29, 0.717) is 19.4 Å². The first kappa shape index (κ1) is 13.3. The molecule has 5 nitrogen and oxygen atoms in total. The molecule has 17 heavy (non-hydrogen) atoms. The third kappa shape index (κ3) is 3.64. The van der Waals surface area contributed by atoms with Crippen molar-refractivity contribution in [1.29, 1.82) is 0 Å². The van der Waals surface area contributed by atoms with Crippen molar-refractivity contribution in [3.8, 4) is 0 Å². The van der Waals surface area contributed by atoms with Crippen LogP contribution in [0.4, 0.5) is 0 Å². The first-order valence-electron chi connectivity index (χ1n) is 5.82. The number of allylic oxidation sites excluding steroid dienone is 1. The molecule has 0 saturated carbocycles. The Hall–Kier alpha value is -1.74. The molecule has 0 aromatic heterocycles. The summed E-state index contributed by atoms with van der Waals surface area (Å²) in [4.78, 5) is 27.8. The van der Waals surface area contributed by atoms with Gasteiger partial charge < -0.3 is 10.4 Å². The number of hydrogen-bond donors (Lipinski definition) is 0. The van der Waals surface area contributed by atoms with Crippen molar-refractivity contribution < 1.29 is 14.4 Å². The first-order valence-corrected chi connectivity index (χ1v) is 5.82. The molecular weight excluding hydrogens is 218 g/mol. The van der Waals surface area contributed by atoms with Crippen LogP contribution in [-0.4, -0.2) is 40.2 Å². The predicted molar refractivity (Wildman–Crippen MR) is 63.5 cm³/mol. The molecule has 1 saturated heterocycles. The average Bonchev–Trinajstić information content (AvgIpc) is 2.78. The van der Waals surface area contributed by atoms with Gasteiger partial charge in [0.25, 0.3) is 5.78 Å². The number of carbonyl (C=O) groups is 2. The fourth-order valence-electron chi connectivity index (χ4n) is 2.05. The van der Waals surface area contributed by atoms with Gasteiger partial charge in [0.05, 0.1) is 0 Å². The Kier molecular flexibility index (Phi) is 5.30. The molecule has 0 aliphatic carbocycles. The number of Topliss-reactive ketones (excluding diaryl/α,β-unsaturated/α-hetero) is 1. The van der Waals surface area contributed by atoms with E-state index in [1.54, 1.807) is 11.0 Å². The van der Waals surface area contributed by atoms with Crippen LogP contribution < -0.4 is 0 Å². The standard InChI is InChI=1S/C12H17N3O2/c1-2-3-4-7-12(17)15-8-5-6-10(15)11(16)9-14-13/h2,9-10H,1,3-8H2. The molecule has 92 valence electrons. The van der Waals surface area contributed by atoms with E-state index in [0.717, 1.165) is 25.5 Å². The molecule has 1 aliphatic heterocycles. The van der Waals surface area contributed by atoms with E-state index in [1.807, 2.05) is 0 Å². The third-order valence-corrected chi connectivity index (χ3v) is 2.89. The van der Waals surface area contributed by atoms with E-state index < -0.39 is 6.04 Å². The van der Waals surface area contributed by atoms with Gasteiger partial charge in [-0.05, 0) is 25.7 Å². The number of rotatable bonds is 6. The summed E-state index contributed by atoms with van der Waals surface area (Å²) in [5.74, 6) is -0.309. The van der Waals surface area contributed by atoms with Gasteiger partial charge in [-0.25, -0.2) is 0 Å². The van der Waals surface area contributed by atoms with Gasteiger partial charge in [-0.15, -0.1) is 6.58 Å². The van der Waals surface area contributed by atoms with E-state index in [9.17, 15) is 9.59 Å². The fourth-order valence-corrected chi connectivity index (χ4v) is 2.05. The Bertz CT molecular complexity index is 359. The molecule has 1 amide bonds. The van der Waals surface area contributed by atoms with Crippen molar-refractivity contribution in [2.75, 3.05) is 6.54 Å². The molecule has 0 radical (unpaired) electrons. The number of nitrogens with zero attached hydrogens (tertiary/aromatic N) is 3. The van der Waals surface area contributed by atoms with E-state index in [1.165, 1.54) is 0 Å². The van der Waals surface area contributed by atoms with Gasteiger partial charge in [0.2, 0.25) is 5.91 Å². The van der Waals surface area contributed by atoms with Gasteiger partial charge >= 0.3 is 6.21 Å². The minimum atomic E-state index is -0.442. The highest BCUT2D eigenvalue weighted by Gasteiger charge is 2.34. The highest BCUT2D eigenvalue weighted by molar-refractivity contribution is 6.28. The van der Waals surface area contributed by atoms with E-state index in [2.05, 4.69) is 11.4 Å². The van der Waals surface area contributed by atoms with Crippen LogP contribution in [0.3, 0.4) is 0 Å². The largest absolute Gasteiger partial charge is 0.361 e. The van der Waals surface area contributed by atoms with Gasteiger partial charge in [0, 0.05) is 13.0 Å². The van der Waals surface area contributed by atoms with Crippen molar-refractivity contribution in [2.24, 2.45) is 0 Å². The molecule has 0 spiro atoms. The van der Waals surface area contributed by atoms with Crippen molar-refractivity contribution in [3.05, 3.63) is 18.2 Å². The van der Waals surface area contributed by atoms with Crippen LogP contribution in [-0.2, 0) is 9.59 Å². The van der Waals surface area contributed by atoms with Crippen molar-refractivity contribution in [2.45, 2.75) is 38.1 Å². The molecule has 0 N–H and O–H groups in total. The van der Waals surface area contributed by atoms with Crippen LogP contribution in [0.25, 0.3) is 5.53 Å². The monoisotopic (exact) mass is 235 g/mol. The van der Waals surface area contributed by atoms with Crippen LogP contribution in [0.15, 0.2) is 12.7 Å². The van der Waals surface area contributed by atoms with Gasteiger partial charge in [-0.2, -0.15) is 4.79 Å². The SMILES string of the molecule is C=CCCCC(=O)N1CCCC1C(=O)C=[N+]=[N-]. The van der Waals surface area contributed by atoms with Gasteiger partial charge in [0.1, 0.15) is 6.04 Å².